The lowest BCUT2D eigenvalue weighted by molar-refractivity contribution is 0.0717. The molecule has 1 aliphatic carbocycles. The molecule has 0 radical (unpaired) electrons. The van der Waals surface area contributed by atoms with Crippen LogP contribution in [0.4, 0.5) is 8.78 Å². The summed E-state index contributed by atoms with van der Waals surface area (Å²) < 4.78 is 33.0. The second-order valence-corrected chi connectivity index (χ2v) is 11.8. The van der Waals surface area contributed by atoms with Gasteiger partial charge in [-0.1, -0.05) is 6.07 Å². The third-order valence-electron chi connectivity index (χ3n) is 8.82. The average molecular weight is 538 g/mol. The van der Waals surface area contributed by atoms with Crippen LogP contribution in [0.2, 0.25) is 0 Å². The van der Waals surface area contributed by atoms with Crippen molar-refractivity contribution in [2.45, 2.75) is 70.6 Å². The molecular formula is C31H41F2N5O. The standard InChI is InChI=1S/C31H41F2N5O/c1-5-38(20(2)3)30(39)27-16-23(32)8-11-25(27)26-14-22(15-29-28(26)17-35-36(29)4)31(33)12-13-37(19-31)18-21-6-9-24(34)10-7-21/h8,11,14-17,20-21,24H,5-7,9-10,12-13,18-19,34H2,1-4H3. The van der Waals surface area contributed by atoms with E-state index < -0.39 is 11.5 Å². The van der Waals surface area contributed by atoms with E-state index >= 15 is 4.39 Å². The smallest absolute Gasteiger partial charge is 0.254 e. The summed E-state index contributed by atoms with van der Waals surface area (Å²) in [5, 5.41) is 5.26. The molecule has 1 saturated carbocycles. The van der Waals surface area contributed by atoms with Crippen molar-refractivity contribution in [1.82, 2.24) is 19.6 Å². The Kier molecular flexibility index (Phi) is 7.80. The number of halogens is 2. The van der Waals surface area contributed by atoms with Crippen LogP contribution in [0.1, 0.15) is 68.8 Å². The van der Waals surface area contributed by atoms with E-state index in [9.17, 15) is 9.18 Å². The summed E-state index contributed by atoms with van der Waals surface area (Å²) in [4.78, 5) is 17.6. The van der Waals surface area contributed by atoms with Crippen molar-refractivity contribution in [2.75, 3.05) is 26.2 Å². The number of hydrogen-bond donors (Lipinski definition) is 1. The van der Waals surface area contributed by atoms with Gasteiger partial charge in [-0.05, 0) is 99.7 Å². The Hall–Kier alpha value is -2.84. The molecule has 8 heteroatoms. The number of aromatic nitrogens is 2. The largest absolute Gasteiger partial charge is 0.336 e. The van der Waals surface area contributed by atoms with Gasteiger partial charge in [-0.15, -0.1) is 0 Å². The lowest BCUT2D eigenvalue weighted by atomic mass is 9.86. The minimum Gasteiger partial charge on any atom is -0.336 e. The van der Waals surface area contributed by atoms with Gasteiger partial charge in [0.15, 0.2) is 0 Å². The van der Waals surface area contributed by atoms with Crippen molar-refractivity contribution in [3.8, 4) is 11.1 Å². The molecule has 1 atom stereocenters. The van der Waals surface area contributed by atoms with E-state index in [4.69, 9.17) is 5.73 Å². The number of aryl methyl sites for hydroxylation is 1. The zero-order valence-corrected chi connectivity index (χ0v) is 23.6. The van der Waals surface area contributed by atoms with E-state index in [0.29, 0.717) is 54.7 Å². The summed E-state index contributed by atoms with van der Waals surface area (Å²) in [5.41, 5.74) is 7.52. The second kappa shape index (κ2) is 11.0. The van der Waals surface area contributed by atoms with Gasteiger partial charge >= 0.3 is 0 Å². The Bertz CT molecular complexity index is 1350. The van der Waals surface area contributed by atoms with Crippen LogP contribution in [-0.2, 0) is 12.7 Å². The van der Waals surface area contributed by atoms with Crippen molar-refractivity contribution in [2.24, 2.45) is 18.7 Å². The van der Waals surface area contributed by atoms with Crippen molar-refractivity contribution in [3.05, 3.63) is 53.5 Å². The zero-order chi connectivity index (χ0) is 27.9. The van der Waals surface area contributed by atoms with Gasteiger partial charge in [-0.2, -0.15) is 5.10 Å². The van der Waals surface area contributed by atoms with E-state index in [-0.39, 0.29) is 17.5 Å². The molecule has 2 heterocycles. The van der Waals surface area contributed by atoms with Gasteiger partial charge in [-0.25, -0.2) is 8.78 Å². The topological polar surface area (TPSA) is 67.4 Å². The van der Waals surface area contributed by atoms with Crippen molar-refractivity contribution < 1.29 is 13.6 Å². The molecule has 2 fully saturated rings. The monoisotopic (exact) mass is 537 g/mol. The molecule has 2 aromatic carbocycles. The summed E-state index contributed by atoms with van der Waals surface area (Å²) >= 11 is 0. The molecular weight excluding hydrogens is 496 g/mol. The molecule has 1 amide bonds. The number of nitrogens with two attached hydrogens (primary N) is 1. The molecule has 39 heavy (non-hydrogen) atoms. The summed E-state index contributed by atoms with van der Waals surface area (Å²) in [5.74, 6) is -0.145. The third-order valence-corrected chi connectivity index (χ3v) is 8.82. The molecule has 1 unspecified atom stereocenters. The van der Waals surface area contributed by atoms with Gasteiger partial charge in [0.25, 0.3) is 5.91 Å². The van der Waals surface area contributed by atoms with Gasteiger partial charge < -0.3 is 10.6 Å². The number of benzene rings is 2. The number of rotatable bonds is 7. The van der Waals surface area contributed by atoms with E-state index in [2.05, 4.69) is 10.00 Å². The first kappa shape index (κ1) is 27.7. The first-order chi connectivity index (χ1) is 18.6. The van der Waals surface area contributed by atoms with E-state index in [0.717, 1.165) is 43.1 Å². The third kappa shape index (κ3) is 5.46. The molecule has 6 nitrogen and oxygen atoms in total. The van der Waals surface area contributed by atoms with E-state index in [1.807, 2.05) is 40.0 Å². The highest BCUT2D eigenvalue weighted by atomic mass is 19.1. The molecule has 2 N–H and O–H groups in total. The lowest BCUT2D eigenvalue weighted by Crippen LogP contribution is -2.37. The second-order valence-electron chi connectivity index (χ2n) is 11.8. The fourth-order valence-corrected chi connectivity index (χ4v) is 6.53. The van der Waals surface area contributed by atoms with Crippen LogP contribution in [0.15, 0.2) is 36.5 Å². The van der Waals surface area contributed by atoms with Gasteiger partial charge in [0.1, 0.15) is 11.5 Å². The van der Waals surface area contributed by atoms with Crippen molar-refractivity contribution in [3.63, 3.8) is 0 Å². The van der Waals surface area contributed by atoms with Gasteiger partial charge in [-0.3, -0.25) is 14.4 Å². The van der Waals surface area contributed by atoms with Crippen LogP contribution in [0, 0.1) is 11.7 Å². The number of carbonyl (C=O) groups excluding carboxylic acids is 1. The van der Waals surface area contributed by atoms with Crippen LogP contribution in [-0.4, -0.2) is 63.8 Å². The predicted octanol–water partition coefficient (Wildman–Crippen LogP) is 5.64. The first-order valence-corrected chi connectivity index (χ1v) is 14.3. The molecule has 0 bridgehead atoms. The highest BCUT2D eigenvalue weighted by molar-refractivity contribution is 6.05. The number of nitrogens with zero attached hydrogens (tertiary/aromatic N) is 4. The molecule has 1 aromatic heterocycles. The first-order valence-electron chi connectivity index (χ1n) is 14.3. The van der Waals surface area contributed by atoms with Crippen LogP contribution in [0.3, 0.4) is 0 Å². The average Bonchev–Trinajstić information content (AvgIpc) is 3.48. The normalized spacial score (nSPS) is 24.1. The Morgan fingerprint density at radius 1 is 1.18 bits per heavy atom. The molecule has 2 aliphatic rings. The minimum atomic E-state index is -1.52. The summed E-state index contributed by atoms with van der Waals surface area (Å²) in [6.45, 7) is 8.25. The number of amides is 1. The maximum atomic E-state index is 16.8. The Labute approximate surface area is 230 Å². The maximum absolute atomic E-state index is 16.8. The molecule has 3 aromatic rings. The maximum Gasteiger partial charge on any atom is 0.254 e. The van der Waals surface area contributed by atoms with E-state index in [1.165, 1.54) is 12.1 Å². The lowest BCUT2D eigenvalue weighted by Gasteiger charge is -2.30. The Morgan fingerprint density at radius 2 is 1.92 bits per heavy atom. The highest BCUT2D eigenvalue weighted by Crippen LogP contribution is 2.42. The molecule has 0 spiro atoms. The van der Waals surface area contributed by atoms with Gasteiger partial charge in [0.2, 0.25) is 0 Å². The highest BCUT2D eigenvalue weighted by Gasteiger charge is 2.41. The molecule has 1 saturated heterocycles. The van der Waals surface area contributed by atoms with Crippen LogP contribution in [0.25, 0.3) is 22.0 Å². The Balaban J connectivity index is 1.53. The number of likely N-dealkylation sites (tertiary alicyclic amines) is 1. The quantitative estimate of drug-likeness (QED) is 0.424. The zero-order valence-electron chi connectivity index (χ0n) is 23.6. The number of fused-ring (bicyclic) bond motifs is 1. The SMILES string of the molecule is CCN(C(=O)c1cc(F)ccc1-c1cc(C2(F)CCN(CC3CCC(N)CC3)C2)cc2c1cnn2C)C(C)C. The van der Waals surface area contributed by atoms with Crippen LogP contribution < -0.4 is 5.73 Å². The molecule has 210 valence electrons. The summed E-state index contributed by atoms with van der Waals surface area (Å²) in [6, 6.07) is 8.33. The van der Waals surface area contributed by atoms with Crippen molar-refractivity contribution >= 4 is 16.8 Å². The fraction of sp³-hybridized carbons (Fsp3) is 0.548. The molecule has 1 aliphatic heterocycles. The Morgan fingerprint density at radius 3 is 2.62 bits per heavy atom. The fourth-order valence-electron chi connectivity index (χ4n) is 6.53. The number of hydrogen-bond acceptors (Lipinski definition) is 4. The summed E-state index contributed by atoms with van der Waals surface area (Å²) in [7, 11) is 1.84. The van der Waals surface area contributed by atoms with E-state index in [1.54, 1.807) is 21.8 Å². The van der Waals surface area contributed by atoms with Gasteiger partial charge in [0, 0.05) is 50.7 Å². The van der Waals surface area contributed by atoms with Crippen LogP contribution in [0.5, 0.6) is 0 Å². The van der Waals surface area contributed by atoms with Crippen LogP contribution >= 0.6 is 0 Å². The molecule has 5 rings (SSSR count). The summed E-state index contributed by atoms with van der Waals surface area (Å²) in [6.07, 6.45) is 6.46. The minimum absolute atomic E-state index is 0.0400. The number of carbonyl (C=O) groups is 1. The van der Waals surface area contributed by atoms with Gasteiger partial charge in [0.05, 0.1) is 17.3 Å². The predicted molar refractivity (Wildman–Crippen MR) is 152 cm³/mol. The number of alkyl halides is 1. The van der Waals surface area contributed by atoms with Crippen molar-refractivity contribution in [1.29, 1.82) is 0 Å².